The van der Waals surface area contributed by atoms with Gasteiger partial charge in [-0.3, -0.25) is 9.59 Å². The molecule has 0 aromatic carbocycles. The van der Waals surface area contributed by atoms with Crippen molar-refractivity contribution in [1.29, 1.82) is 0 Å². The van der Waals surface area contributed by atoms with Crippen molar-refractivity contribution in [2.75, 3.05) is 6.54 Å². The topological polar surface area (TPSA) is 58.2 Å². The Kier molecular flexibility index (Phi) is 5.28. The molecule has 1 aliphatic carbocycles. The van der Waals surface area contributed by atoms with Crippen LogP contribution < -0.4 is 10.6 Å². The van der Waals surface area contributed by atoms with Gasteiger partial charge in [0, 0.05) is 19.0 Å². The van der Waals surface area contributed by atoms with Crippen LogP contribution in [0.3, 0.4) is 0 Å². The van der Waals surface area contributed by atoms with Crippen LogP contribution in [0.5, 0.6) is 0 Å². The van der Waals surface area contributed by atoms with Gasteiger partial charge in [0.25, 0.3) is 0 Å². The van der Waals surface area contributed by atoms with E-state index in [0.717, 1.165) is 18.8 Å². The van der Waals surface area contributed by atoms with Crippen molar-refractivity contribution < 1.29 is 9.59 Å². The van der Waals surface area contributed by atoms with E-state index in [-0.39, 0.29) is 17.7 Å². The first kappa shape index (κ1) is 16.3. The Hall–Kier alpha value is -1.06. The molecule has 0 bridgehead atoms. The zero-order chi connectivity index (χ0) is 15.5. The molecule has 2 fully saturated rings. The zero-order valence-corrected chi connectivity index (χ0v) is 13.7. The molecule has 3 atom stereocenters. The Morgan fingerprint density at radius 2 is 1.90 bits per heavy atom. The molecule has 1 heterocycles. The summed E-state index contributed by atoms with van der Waals surface area (Å²) in [4.78, 5) is 23.5. The van der Waals surface area contributed by atoms with Crippen LogP contribution in [0.1, 0.15) is 65.7 Å². The first-order chi connectivity index (χ1) is 9.86. The quantitative estimate of drug-likeness (QED) is 0.769. The molecule has 120 valence electrons. The minimum absolute atomic E-state index is 0.0376. The van der Waals surface area contributed by atoms with Gasteiger partial charge in [-0.05, 0) is 43.4 Å². The van der Waals surface area contributed by atoms with Crippen molar-refractivity contribution in [1.82, 2.24) is 10.6 Å². The Balaban J connectivity index is 1.80. The summed E-state index contributed by atoms with van der Waals surface area (Å²) in [6.07, 6.45) is 7.04. The summed E-state index contributed by atoms with van der Waals surface area (Å²) in [6, 6.07) is 0.322. The summed E-state index contributed by atoms with van der Waals surface area (Å²) < 4.78 is 0. The summed E-state index contributed by atoms with van der Waals surface area (Å²) in [5.74, 6) is 0.925. The largest absolute Gasteiger partial charge is 0.355 e. The second kappa shape index (κ2) is 6.80. The molecule has 21 heavy (non-hydrogen) atoms. The molecule has 2 aliphatic rings. The Labute approximate surface area is 128 Å². The summed E-state index contributed by atoms with van der Waals surface area (Å²) >= 11 is 0. The second-order valence-electron chi connectivity index (χ2n) is 7.82. The molecule has 1 aliphatic heterocycles. The number of hydrogen-bond acceptors (Lipinski definition) is 2. The molecular formula is C17H30N2O2. The lowest BCUT2D eigenvalue weighted by Gasteiger charge is -2.30. The van der Waals surface area contributed by atoms with Gasteiger partial charge in [0.15, 0.2) is 0 Å². The van der Waals surface area contributed by atoms with Crippen LogP contribution >= 0.6 is 0 Å². The van der Waals surface area contributed by atoms with Gasteiger partial charge in [0.2, 0.25) is 11.8 Å². The Morgan fingerprint density at radius 3 is 2.52 bits per heavy atom. The molecule has 2 amide bonds. The standard InChI is InChI=1S/C17H30N2O2/c1-17(2,3)13-5-4-6-14(9-8-13)19-16(21)12-7-10-15(20)18-11-12/h12-14H,4-11H2,1-3H3,(H,18,20)(H,19,21)/t12-,13-,14+/m1/s1. The van der Waals surface area contributed by atoms with Gasteiger partial charge in [-0.2, -0.15) is 0 Å². The van der Waals surface area contributed by atoms with Gasteiger partial charge in [-0.25, -0.2) is 0 Å². The van der Waals surface area contributed by atoms with Crippen molar-refractivity contribution in [2.24, 2.45) is 17.3 Å². The van der Waals surface area contributed by atoms with E-state index in [9.17, 15) is 9.59 Å². The molecule has 4 nitrogen and oxygen atoms in total. The van der Waals surface area contributed by atoms with Crippen LogP contribution in [0.15, 0.2) is 0 Å². The highest BCUT2D eigenvalue weighted by Gasteiger charge is 2.30. The number of amides is 2. The number of carbonyl (C=O) groups excluding carboxylic acids is 2. The molecule has 2 N–H and O–H groups in total. The van der Waals surface area contributed by atoms with E-state index >= 15 is 0 Å². The Bertz CT molecular complexity index is 377. The van der Waals surface area contributed by atoms with E-state index < -0.39 is 0 Å². The fraction of sp³-hybridized carbons (Fsp3) is 0.882. The van der Waals surface area contributed by atoms with E-state index in [4.69, 9.17) is 0 Å². The second-order valence-corrected chi connectivity index (χ2v) is 7.82. The number of hydrogen-bond donors (Lipinski definition) is 2. The van der Waals surface area contributed by atoms with Gasteiger partial charge in [0.1, 0.15) is 0 Å². The minimum atomic E-state index is -0.0376. The third kappa shape index (κ3) is 4.72. The average Bonchev–Trinajstić information content (AvgIpc) is 2.64. The molecule has 0 unspecified atom stereocenters. The number of rotatable bonds is 2. The molecule has 2 rings (SSSR count). The molecule has 0 aromatic rings. The van der Waals surface area contributed by atoms with E-state index in [2.05, 4.69) is 31.4 Å². The van der Waals surface area contributed by atoms with E-state index in [1.54, 1.807) is 0 Å². The first-order valence-corrected chi connectivity index (χ1v) is 8.43. The minimum Gasteiger partial charge on any atom is -0.355 e. The maximum atomic E-state index is 12.3. The van der Waals surface area contributed by atoms with Crippen LogP contribution in [0.2, 0.25) is 0 Å². The van der Waals surface area contributed by atoms with Crippen molar-refractivity contribution in [3.8, 4) is 0 Å². The third-order valence-electron chi connectivity index (χ3n) is 5.18. The van der Waals surface area contributed by atoms with Crippen molar-refractivity contribution >= 4 is 11.8 Å². The van der Waals surface area contributed by atoms with Crippen LogP contribution in [-0.2, 0) is 9.59 Å². The fourth-order valence-corrected chi connectivity index (χ4v) is 3.59. The highest BCUT2D eigenvalue weighted by atomic mass is 16.2. The lowest BCUT2D eigenvalue weighted by molar-refractivity contribution is -0.129. The molecule has 1 saturated carbocycles. The maximum Gasteiger partial charge on any atom is 0.225 e. The summed E-state index contributed by atoms with van der Waals surface area (Å²) in [7, 11) is 0. The van der Waals surface area contributed by atoms with Crippen molar-refractivity contribution in [3.05, 3.63) is 0 Å². The highest BCUT2D eigenvalue weighted by molar-refractivity contribution is 5.83. The Morgan fingerprint density at radius 1 is 1.14 bits per heavy atom. The average molecular weight is 294 g/mol. The van der Waals surface area contributed by atoms with Crippen molar-refractivity contribution in [3.63, 3.8) is 0 Å². The summed E-state index contributed by atoms with van der Waals surface area (Å²) in [5.41, 5.74) is 0.368. The SMILES string of the molecule is CC(C)(C)[C@@H]1CCC[C@H](NC(=O)[C@@H]2CCC(=O)NC2)CC1. The number of piperidine rings is 1. The molecule has 0 spiro atoms. The lowest BCUT2D eigenvalue weighted by Crippen LogP contribution is -2.45. The smallest absolute Gasteiger partial charge is 0.225 e. The number of nitrogens with one attached hydrogen (secondary N) is 2. The lowest BCUT2D eigenvalue weighted by atomic mass is 9.76. The predicted molar refractivity (Wildman–Crippen MR) is 83.7 cm³/mol. The van der Waals surface area contributed by atoms with Crippen LogP contribution in [0, 0.1) is 17.3 Å². The maximum absolute atomic E-state index is 12.3. The molecular weight excluding hydrogens is 264 g/mol. The number of carbonyl (C=O) groups is 2. The van der Waals surface area contributed by atoms with Crippen LogP contribution in [0.25, 0.3) is 0 Å². The van der Waals surface area contributed by atoms with E-state index in [1.807, 2.05) is 0 Å². The van der Waals surface area contributed by atoms with Crippen molar-refractivity contribution in [2.45, 2.75) is 71.8 Å². The highest BCUT2D eigenvalue weighted by Crippen LogP contribution is 2.36. The van der Waals surface area contributed by atoms with Gasteiger partial charge < -0.3 is 10.6 Å². The molecule has 0 radical (unpaired) electrons. The van der Waals surface area contributed by atoms with Crippen LogP contribution in [-0.4, -0.2) is 24.4 Å². The third-order valence-corrected chi connectivity index (χ3v) is 5.18. The molecule has 1 saturated heterocycles. The van der Waals surface area contributed by atoms with E-state index in [0.29, 0.717) is 30.8 Å². The normalized spacial score (nSPS) is 31.2. The molecule has 4 heteroatoms. The van der Waals surface area contributed by atoms with E-state index in [1.165, 1.54) is 19.3 Å². The van der Waals surface area contributed by atoms with Crippen LogP contribution in [0.4, 0.5) is 0 Å². The van der Waals surface area contributed by atoms with Gasteiger partial charge >= 0.3 is 0 Å². The monoisotopic (exact) mass is 294 g/mol. The zero-order valence-electron chi connectivity index (χ0n) is 13.7. The van der Waals surface area contributed by atoms with Gasteiger partial charge in [-0.15, -0.1) is 0 Å². The summed E-state index contributed by atoms with van der Waals surface area (Å²) in [6.45, 7) is 7.46. The van der Waals surface area contributed by atoms with Gasteiger partial charge in [-0.1, -0.05) is 27.2 Å². The molecule has 0 aromatic heterocycles. The summed E-state index contributed by atoms with van der Waals surface area (Å²) in [5, 5.41) is 6.01. The van der Waals surface area contributed by atoms with Gasteiger partial charge in [0.05, 0.1) is 5.92 Å². The fourth-order valence-electron chi connectivity index (χ4n) is 3.59. The predicted octanol–water partition coefficient (Wildman–Crippen LogP) is 2.62. The first-order valence-electron chi connectivity index (χ1n) is 8.43.